The predicted octanol–water partition coefficient (Wildman–Crippen LogP) is 5.29. The van der Waals surface area contributed by atoms with Gasteiger partial charge in [-0.25, -0.2) is 26.2 Å². The van der Waals surface area contributed by atoms with E-state index >= 15 is 0 Å². The minimum Gasteiger partial charge on any atom is -0.236 e. The van der Waals surface area contributed by atoms with Crippen LogP contribution in [0, 0.1) is 18.6 Å². The second kappa shape index (κ2) is 6.79. The molecule has 0 saturated carbocycles. The molecule has 4 nitrogen and oxygen atoms in total. The number of halogens is 3. The van der Waals surface area contributed by atoms with Crippen molar-refractivity contribution in [3.05, 3.63) is 82.6 Å². The summed E-state index contributed by atoms with van der Waals surface area (Å²) >= 11 is 3.31. The van der Waals surface area contributed by atoms with Crippen molar-refractivity contribution in [2.75, 3.05) is 0 Å². The van der Waals surface area contributed by atoms with Crippen LogP contribution in [0.5, 0.6) is 0 Å². The van der Waals surface area contributed by atoms with Gasteiger partial charge in [-0.2, -0.15) is 0 Å². The zero-order valence-electron chi connectivity index (χ0n) is 14.5. The first kappa shape index (κ1) is 18.8. The van der Waals surface area contributed by atoms with Crippen LogP contribution in [-0.2, 0) is 10.0 Å². The first-order valence-electron chi connectivity index (χ1n) is 8.21. The molecule has 2 heterocycles. The Labute approximate surface area is 168 Å². The highest BCUT2D eigenvalue weighted by atomic mass is 79.9. The van der Waals surface area contributed by atoms with Crippen LogP contribution >= 0.6 is 15.9 Å². The largest absolute Gasteiger partial charge is 0.269 e. The number of aryl methyl sites for hydroxylation is 1. The van der Waals surface area contributed by atoms with Gasteiger partial charge in [0.15, 0.2) is 5.65 Å². The molecule has 0 atom stereocenters. The van der Waals surface area contributed by atoms with Gasteiger partial charge in [0, 0.05) is 33.9 Å². The Hall–Kier alpha value is -2.58. The third kappa shape index (κ3) is 3.22. The number of fused-ring (bicyclic) bond motifs is 1. The fourth-order valence-electron chi connectivity index (χ4n) is 3.00. The summed E-state index contributed by atoms with van der Waals surface area (Å²) in [5.41, 5.74) is 1.68. The smallest absolute Gasteiger partial charge is 0.236 e. The zero-order valence-corrected chi connectivity index (χ0v) is 16.9. The van der Waals surface area contributed by atoms with Gasteiger partial charge in [0.1, 0.15) is 11.6 Å². The summed E-state index contributed by atoms with van der Waals surface area (Å²) in [6, 6.07) is 11.2. The Morgan fingerprint density at radius 2 is 1.64 bits per heavy atom. The van der Waals surface area contributed by atoms with Gasteiger partial charge >= 0.3 is 0 Å². The Bertz CT molecular complexity index is 1300. The second-order valence-electron chi connectivity index (χ2n) is 6.34. The Balaban J connectivity index is 2.02. The van der Waals surface area contributed by atoms with E-state index in [2.05, 4.69) is 20.9 Å². The molecule has 142 valence electrons. The van der Waals surface area contributed by atoms with E-state index in [1.807, 2.05) is 6.92 Å². The summed E-state index contributed by atoms with van der Waals surface area (Å²) in [5, 5.41) is 0.454. The molecular formula is C20H13BrF2N2O2S. The van der Waals surface area contributed by atoms with Crippen molar-refractivity contribution in [1.29, 1.82) is 0 Å². The predicted molar refractivity (Wildman–Crippen MR) is 107 cm³/mol. The number of rotatable bonds is 3. The third-order valence-electron chi connectivity index (χ3n) is 4.33. The van der Waals surface area contributed by atoms with Crippen LogP contribution in [0.1, 0.15) is 5.56 Å². The van der Waals surface area contributed by atoms with E-state index < -0.39 is 21.7 Å². The molecule has 4 rings (SSSR count). The topological polar surface area (TPSA) is 52.0 Å². The molecule has 0 N–H and O–H groups in total. The molecule has 2 aromatic carbocycles. The SMILES string of the molecule is Cc1ccc(S(=O)(=O)n2cc(-c3cc(F)cc(F)c3)c3cc(Br)cnc32)cc1. The van der Waals surface area contributed by atoms with Crippen molar-refractivity contribution in [2.24, 2.45) is 0 Å². The van der Waals surface area contributed by atoms with Crippen LogP contribution in [-0.4, -0.2) is 17.4 Å². The molecule has 0 spiro atoms. The van der Waals surface area contributed by atoms with E-state index in [1.165, 1.54) is 24.5 Å². The molecular weight excluding hydrogens is 450 g/mol. The lowest BCUT2D eigenvalue weighted by molar-refractivity contribution is 0.584. The van der Waals surface area contributed by atoms with Gasteiger partial charge in [-0.05, 0) is 58.7 Å². The lowest BCUT2D eigenvalue weighted by Gasteiger charge is -2.07. The van der Waals surface area contributed by atoms with Crippen LogP contribution in [0.2, 0.25) is 0 Å². The highest BCUT2D eigenvalue weighted by Gasteiger charge is 2.23. The van der Waals surface area contributed by atoms with E-state index in [-0.39, 0.29) is 16.1 Å². The molecule has 0 amide bonds. The normalized spacial score (nSPS) is 11.9. The molecule has 0 aliphatic heterocycles. The molecule has 8 heteroatoms. The summed E-state index contributed by atoms with van der Waals surface area (Å²) in [6.07, 6.45) is 2.81. The summed E-state index contributed by atoms with van der Waals surface area (Å²) in [6.45, 7) is 1.86. The first-order chi connectivity index (χ1) is 13.3. The monoisotopic (exact) mass is 462 g/mol. The zero-order chi connectivity index (χ0) is 20.1. The lowest BCUT2D eigenvalue weighted by Crippen LogP contribution is -2.12. The lowest BCUT2D eigenvalue weighted by atomic mass is 10.1. The molecule has 0 unspecified atom stereocenters. The fourth-order valence-corrected chi connectivity index (χ4v) is 4.66. The average Bonchev–Trinajstić information content (AvgIpc) is 3.00. The number of hydrogen-bond acceptors (Lipinski definition) is 3. The third-order valence-corrected chi connectivity index (χ3v) is 6.43. The summed E-state index contributed by atoms with van der Waals surface area (Å²) < 4.78 is 55.5. The standard InChI is InChI=1S/C20H13BrF2N2O2S/c1-12-2-4-17(5-3-12)28(26,27)25-11-19(13-6-15(22)9-16(23)7-13)18-8-14(21)10-24-20(18)25/h2-11H,1H3. The quantitative estimate of drug-likeness (QED) is 0.415. The second-order valence-corrected chi connectivity index (χ2v) is 9.07. The van der Waals surface area contributed by atoms with Gasteiger partial charge in [-0.1, -0.05) is 17.7 Å². The molecule has 0 aliphatic rings. The number of benzene rings is 2. The molecule has 0 aliphatic carbocycles. The van der Waals surface area contributed by atoms with Gasteiger partial charge in [0.2, 0.25) is 0 Å². The average molecular weight is 463 g/mol. The van der Waals surface area contributed by atoms with E-state index in [9.17, 15) is 17.2 Å². The van der Waals surface area contributed by atoms with Crippen molar-refractivity contribution < 1.29 is 17.2 Å². The highest BCUT2D eigenvalue weighted by molar-refractivity contribution is 9.10. The fraction of sp³-hybridized carbons (Fsp3) is 0.0500. The minimum atomic E-state index is -3.95. The van der Waals surface area contributed by atoms with E-state index in [1.54, 1.807) is 18.2 Å². The maximum Gasteiger partial charge on any atom is 0.269 e. The summed E-state index contributed by atoms with van der Waals surface area (Å²) in [7, 11) is -3.95. The van der Waals surface area contributed by atoms with Gasteiger partial charge in [-0.3, -0.25) is 0 Å². The van der Waals surface area contributed by atoms with Crippen LogP contribution in [0.25, 0.3) is 22.2 Å². The maximum atomic E-state index is 13.7. The van der Waals surface area contributed by atoms with Gasteiger partial charge < -0.3 is 0 Å². The molecule has 0 saturated heterocycles. The number of hydrogen-bond donors (Lipinski definition) is 0. The Morgan fingerprint density at radius 3 is 2.29 bits per heavy atom. The molecule has 4 aromatic rings. The molecule has 0 fully saturated rings. The first-order valence-corrected chi connectivity index (χ1v) is 10.4. The van der Waals surface area contributed by atoms with Crippen LogP contribution in [0.3, 0.4) is 0 Å². The molecule has 0 radical (unpaired) electrons. The van der Waals surface area contributed by atoms with Crippen LogP contribution < -0.4 is 0 Å². The van der Waals surface area contributed by atoms with Crippen LogP contribution in [0.15, 0.2) is 70.3 Å². The minimum absolute atomic E-state index is 0.0942. The number of nitrogens with zero attached hydrogens (tertiary/aromatic N) is 2. The van der Waals surface area contributed by atoms with Crippen molar-refractivity contribution >= 4 is 37.0 Å². The van der Waals surface area contributed by atoms with Crippen molar-refractivity contribution in [3.8, 4) is 11.1 Å². The number of aromatic nitrogens is 2. The van der Waals surface area contributed by atoms with Crippen molar-refractivity contribution in [2.45, 2.75) is 11.8 Å². The van der Waals surface area contributed by atoms with Crippen molar-refractivity contribution in [3.63, 3.8) is 0 Å². The molecule has 0 bridgehead atoms. The highest BCUT2D eigenvalue weighted by Crippen LogP contribution is 2.34. The van der Waals surface area contributed by atoms with Crippen molar-refractivity contribution in [1.82, 2.24) is 8.96 Å². The van der Waals surface area contributed by atoms with Gasteiger partial charge in [-0.15, -0.1) is 0 Å². The summed E-state index contributed by atoms with van der Waals surface area (Å²) in [5.74, 6) is -1.50. The van der Waals surface area contributed by atoms with Gasteiger partial charge in [0.05, 0.1) is 4.90 Å². The number of pyridine rings is 1. The maximum absolute atomic E-state index is 13.7. The van der Waals surface area contributed by atoms with E-state index in [0.717, 1.165) is 27.7 Å². The molecule has 2 aromatic heterocycles. The Morgan fingerprint density at radius 1 is 1.00 bits per heavy atom. The van der Waals surface area contributed by atoms with E-state index in [0.29, 0.717) is 15.4 Å². The Kier molecular flexibility index (Phi) is 4.55. The van der Waals surface area contributed by atoms with Gasteiger partial charge in [0.25, 0.3) is 10.0 Å². The molecule has 28 heavy (non-hydrogen) atoms. The summed E-state index contributed by atoms with van der Waals surface area (Å²) in [4.78, 5) is 4.32. The van der Waals surface area contributed by atoms with Crippen LogP contribution in [0.4, 0.5) is 8.78 Å². The van der Waals surface area contributed by atoms with E-state index in [4.69, 9.17) is 0 Å².